The average Bonchev–Trinajstić information content (AvgIpc) is 3.27. The summed E-state index contributed by atoms with van der Waals surface area (Å²) in [5, 5.41) is 0. The van der Waals surface area contributed by atoms with Gasteiger partial charge in [0.2, 0.25) is 0 Å². The third kappa shape index (κ3) is 9.28. The predicted molar refractivity (Wildman–Crippen MR) is 255 cm³/mol. The van der Waals surface area contributed by atoms with Crippen LogP contribution >= 0.6 is 0 Å². The molecule has 302 valence electrons. The Kier molecular flexibility index (Phi) is 13.7. The van der Waals surface area contributed by atoms with Gasteiger partial charge in [-0.25, -0.2) is 0 Å². The van der Waals surface area contributed by atoms with Gasteiger partial charge in [-0.2, -0.15) is 0 Å². The first kappa shape index (κ1) is 42.5. The van der Waals surface area contributed by atoms with E-state index in [4.69, 9.17) is 0 Å². The average molecular weight is 769 g/mol. The maximum absolute atomic E-state index is 2.41. The van der Waals surface area contributed by atoms with Gasteiger partial charge in [0.15, 0.2) is 0 Å². The summed E-state index contributed by atoms with van der Waals surface area (Å²) in [7, 11) is 0. The minimum atomic E-state index is 0.142. The first-order chi connectivity index (χ1) is 27.9. The predicted octanol–water partition coefficient (Wildman–Crippen LogP) is 17.5. The number of hydrogen-bond donors (Lipinski definition) is 0. The molecule has 6 rings (SSSR count). The van der Waals surface area contributed by atoms with Gasteiger partial charge >= 0.3 is 0 Å². The fourth-order valence-electron chi connectivity index (χ4n) is 8.23. The molecule has 0 saturated heterocycles. The number of hydrogen-bond acceptors (Lipinski definition) is 2. The summed E-state index contributed by atoms with van der Waals surface area (Å²) in [5.41, 5.74) is 15.3. The van der Waals surface area contributed by atoms with Crippen LogP contribution in [-0.2, 0) is 10.8 Å². The van der Waals surface area contributed by atoms with E-state index >= 15 is 0 Å². The van der Waals surface area contributed by atoms with Gasteiger partial charge < -0.3 is 9.80 Å². The van der Waals surface area contributed by atoms with Crippen molar-refractivity contribution in [1.29, 1.82) is 0 Å². The Bertz CT molecular complexity index is 2160. The number of nitrogens with zero attached hydrogens (tertiary/aromatic N) is 2. The second-order valence-corrected chi connectivity index (χ2v) is 17.6. The number of anilines is 6. The van der Waals surface area contributed by atoms with E-state index < -0.39 is 0 Å². The highest BCUT2D eigenvalue weighted by Gasteiger charge is 2.24. The van der Waals surface area contributed by atoms with Crippen molar-refractivity contribution < 1.29 is 0 Å². The molecule has 0 aliphatic heterocycles. The molecule has 0 aliphatic carbocycles. The molecule has 0 fully saturated rings. The molecule has 0 bridgehead atoms. The summed E-state index contributed by atoms with van der Waals surface area (Å²) in [4.78, 5) is 4.79. The monoisotopic (exact) mass is 769 g/mol. The topological polar surface area (TPSA) is 6.48 Å². The Labute approximate surface area is 352 Å². The largest absolute Gasteiger partial charge is 0.311 e. The standard InChI is InChI=1S/C56H68N2/c1-11-40-56(10,15-5)48-26-38-54(39-27-48)58(50-30-18-44(19-31-50)42(7)13-3)52-34-22-46(23-35-52)45-20-32-51(33-21-45)57(49-28-16-43(17-29-49)41(6)12-2)53-36-24-47(25-37-53)55(8,9)14-4/h16-39,41-42H,11-15,40H2,1-10H3. The van der Waals surface area contributed by atoms with Crippen LogP contribution in [-0.4, -0.2) is 0 Å². The highest BCUT2D eigenvalue weighted by atomic mass is 15.1. The molecule has 0 aromatic heterocycles. The smallest absolute Gasteiger partial charge is 0.0462 e. The minimum Gasteiger partial charge on any atom is -0.311 e. The van der Waals surface area contributed by atoms with Crippen LogP contribution in [0.2, 0.25) is 0 Å². The maximum Gasteiger partial charge on any atom is 0.0462 e. The molecule has 6 aromatic carbocycles. The van der Waals surface area contributed by atoms with Gasteiger partial charge in [0.05, 0.1) is 0 Å². The number of benzene rings is 6. The van der Waals surface area contributed by atoms with Crippen molar-refractivity contribution in [2.75, 3.05) is 9.80 Å². The number of rotatable bonds is 17. The Balaban J connectivity index is 1.33. The highest BCUT2D eigenvalue weighted by molar-refractivity contribution is 5.81. The maximum atomic E-state index is 2.41. The lowest BCUT2D eigenvalue weighted by Crippen LogP contribution is -2.20. The molecule has 2 heteroatoms. The van der Waals surface area contributed by atoms with Gasteiger partial charge in [-0.3, -0.25) is 0 Å². The van der Waals surface area contributed by atoms with Crippen LogP contribution in [0.1, 0.15) is 142 Å². The van der Waals surface area contributed by atoms with Crippen molar-refractivity contribution in [2.45, 2.75) is 130 Å². The first-order valence-electron chi connectivity index (χ1n) is 22.2. The van der Waals surface area contributed by atoms with E-state index in [1.54, 1.807) is 0 Å². The van der Waals surface area contributed by atoms with Crippen molar-refractivity contribution in [3.8, 4) is 11.1 Å². The lowest BCUT2D eigenvalue weighted by molar-refractivity contribution is 0.414. The summed E-state index contributed by atoms with van der Waals surface area (Å²) in [6, 6.07) is 55.0. The molecule has 3 atom stereocenters. The summed E-state index contributed by atoms with van der Waals surface area (Å²) in [6.07, 6.45) is 6.89. The van der Waals surface area contributed by atoms with Crippen LogP contribution in [0, 0.1) is 0 Å². The quantitative estimate of drug-likeness (QED) is 0.0912. The van der Waals surface area contributed by atoms with Crippen LogP contribution in [0.3, 0.4) is 0 Å². The Morgan fingerprint density at radius 2 is 0.707 bits per heavy atom. The lowest BCUT2D eigenvalue weighted by atomic mass is 9.76. The van der Waals surface area contributed by atoms with E-state index in [-0.39, 0.29) is 10.8 Å². The minimum absolute atomic E-state index is 0.142. The molecule has 6 aromatic rings. The third-order valence-electron chi connectivity index (χ3n) is 13.4. The summed E-state index contributed by atoms with van der Waals surface area (Å²) in [6.45, 7) is 23.1. The van der Waals surface area contributed by atoms with E-state index in [0.717, 1.165) is 37.1 Å². The molecule has 0 radical (unpaired) electrons. The molecule has 0 heterocycles. The van der Waals surface area contributed by atoms with E-state index in [2.05, 4.69) is 225 Å². The van der Waals surface area contributed by atoms with Crippen molar-refractivity contribution in [3.05, 3.63) is 168 Å². The second-order valence-electron chi connectivity index (χ2n) is 17.6. The Hall–Kier alpha value is -5.08. The van der Waals surface area contributed by atoms with Crippen molar-refractivity contribution >= 4 is 34.1 Å². The molecule has 0 amide bonds. The normalized spacial score (nSPS) is 13.8. The first-order valence-corrected chi connectivity index (χ1v) is 22.2. The Morgan fingerprint density at radius 3 is 1.00 bits per heavy atom. The van der Waals surface area contributed by atoms with Crippen LogP contribution in [0.25, 0.3) is 11.1 Å². The van der Waals surface area contributed by atoms with Gasteiger partial charge in [0.1, 0.15) is 0 Å². The van der Waals surface area contributed by atoms with E-state index in [1.165, 1.54) is 69.0 Å². The third-order valence-corrected chi connectivity index (χ3v) is 13.4. The summed E-state index contributed by atoms with van der Waals surface area (Å²) >= 11 is 0. The zero-order chi connectivity index (χ0) is 41.5. The molecule has 3 unspecified atom stereocenters. The van der Waals surface area contributed by atoms with Gasteiger partial charge in [0.25, 0.3) is 0 Å². The second kappa shape index (κ2) is 18.7. The van der Waals surface area contributed by atoms with Crippen LogP contribution in [0.5, 0.6) is 0 Å². The zero-order valence-corrected chi connectivity index (χ0v) is 37.1. The SMILES string of the molecule is CCCC(C)(CC)c1ccc(N(c2ccc(-c3ccc(N(c4ccc(C(C)CC)cc4)c4ccc(C(C)(C)CC)cc4)cc3)cc2)c2ccc(C(C)CC)cc2)cc1. The molecule has 58 heavy (non-hydrogen) atoms. The molecule has 0 saturated carbocycles. The molecular formula is C56H68N2. The molecular weight excluding hydrogens is 701 g/mol. The van der Waals surface area contributed by atoms with Gasteiger partial charge in [-0.15, -0.1) is 0 Å². The van der Waals surface area contributed by atoms with Gasteiger partial charge in [-0.05, 0) is 161 Å². The van der Waals surface area contributed by atoms with Crippen LogP contribution < -0.4 is 9.80 Å². The molecule has 0 aliphatic rings. The van der Waals surface area contributed by atoms with Gasteiger partial charge in [0, 0.05) is 34.1 Å². The highest BCUT2D eigenvalue weighted by Crippen LogP contribution is 2.41. The van der Waals surface area contributed by atoms with Crippen LogP contribution in [0.15, 0.2) is 146 Å². The fourth-order valence-corrected chi connectivity index (χ4v) is 8.23. The van der Waals surface area contributed by atoms with Crippen molar-refractivity contribution in [3.63, 3.8) is 0 Å². The molecule has 0 spiro atoms. The molecule has 0 N–H and O–H groups in total. The van der Waals surface area contributed by atoms with Crippen molar-refractivity contribution in [1.82, 2.24) is 0 Å². The van der Waals surface area contributed by atoms with E-state index in [0.29, 0.717) is 11.8 Å². The van der Waals surface area contributed by atoms with E-state index in [9.17, 15) is 0 Å². The van der Waals surface area contributed by atoms with E-state index in [1.807, 2.05) is 0 Å². The lowest BCUT2D eigenvalue weighted by Gasteiger charge is -2.30. The Morgan fingerprint density at radius 1 is 0.397 bits per heavy atom. The van der Waals surface area contributed by atoms with Gasteiger partial charge in [-0.1, -0.05) is 148 Å². The van der Waals surface area contributed by atoms with Crippen molar-refractivity contribution in [2.24, 2.45) is 0 Å². The zero-order valence-electron chi connectivity index (χ0n) is 37.1. The summed E-state index contributed by atoms with van der Waals surface area (Å²) < 4.78 is 0. The summed E-state index contributed by atoms with van der Waals surface area (Å²) in [5.74, 6) is 1.08. The van der Waals surface area contributed by atoms with Crippen LogP contribution in [0.4, 0.5) is 34.1 Å². The molecule has 2 nitrogen and oxygen atoms in total. The fraction of sp³-hybridized carbons (Fsp3) is 0.357.